The van der Waals surface area contributed by atoms with Gasteiger partial charge < -0.3 is 4.74 Å². The standard InChI is InChI=1S/C17H15BrN2O2/c18-15-10-4-5-11-16(15)22-13-17(21)20-19-12-6-9-14-7-2-1-3-8-14/h1-12H,13H2,(H,20,21). The van der Waals surface area contributed by atoms with Gasteiger partial charge in [0.15, 0.2) is 6.61 Å². The number of benzene rings is 2. The van der Waals surface area contributed by atoms with Crippen LogP contribution in [0.15, 0.2) is 70.2 Å². The molecule has 0 aliphatic carbocycles. The molecular formula is C17H15BrN2O2. The molecule has 0 aliphatic heterocycles. The van der Waals surface area contributed by atoms with E-state index >= 15 is 0 Å². The van der Waals surface area contributed by atoms with E-state index in [1.807, 2.05) is 54.6 Å². The zero-order valence-electron chi connectivity index (χ0n) is 11.8. The minimum Gasteiger partial charge on any atom is -0.483 e. The molecule has 2 rings (SSSR count). The molecule has 0 heterocycles. The van der Waals surface area contributed by atoms with E-state index in [-0.39, 0.29) is 12.5 Å². The first-order chi connectivity index (χ1) is 10.8. The summed E-state index contributed by atoms with van der Waals surface area (Å²) in [5, 5.41) is 3.82. The molecule has 0 saturated heterocycles. The van der Waals surface area contributed by atoms with E-state index in [0.717, 1.165) is 10.0 Å². The molecule has 0 aliphatic rings. The minimum absolute atomic E-state index is 0.0949. The van der Waals surface area contributed by atoms with E-state index < -0.39 is 0 Å². The Morgan fingerprint density at radius 3 is 2.64 bits per heavy atom. The highest BCUT2D eigenvalue weighted by molar-refractivity contribution is 9.10. The highest BCUT2D eigenvalue weighted by atomic mass is 79.9. The third-order valence-electron chi connectivity index (χ3n) is 2.63. The number of para-hydroxylation sites is 1. The predicted octanol–water partition coefficient (Wildman–Crippen LogP) is 3.64. The Morgan fingerprint density at radius 1 is 1.14 bits per heavy atom. The maximum Gasteiger partial charge on any atom is 0.277 e. The van der Waals surface area contributed by atoms with Gasteiger partial charge in [-0.25, -0.2) is 5.43 Å². The van der Waals surface area contributed by atoms with Crippen LogP contribution in [0.5, 0.6) is 5.75 Å². The fourth-order valence-corrected chi connectivity index (χ4v) is 2.01. The Morgan fingerprint density at radius 2 is 1.86 bits per heavy atom. The van der Waals surface area contributed by atoms with Crippen LogP contribution in [0.25, 0.3) is 6.08 Å². The first kappa shape index (κ1) is 16.0. The number of halogens is 1. The Kier molecular flexibility index (Phi) is 6.39. The number of amides is 1. The van der Waals surface area contributed by atoms with Crippen molar-refractivity contribution < 1.29 is 9.53 Å². The Balaban J connectivity index is 1.73. The van der Waals surface area contributed by atoms with E-state index in [2.05, 4.69) is 26.5 Å². The van der Waals surface area contributed by atoms with Crippen molar-refractivity contribution in [1.29, 1.82) is 0 Å². The van der Waals surface area contributed by atoms with Crippen molar-refractivity contribution in [2.75, 3.05) is 6.61 Å². The minimum atomic E-state index is -0.319. The van der Waals surface area contributed by atoms with Crippen molar-refractivity contribution in [3.8, 4) is 5.75 Å². The second kappa shape index (κ2) is 8.79. The summed E-state index contributed by atoms with van der Waals surface area (Å²) < 4.78 is 6.18. The van der Waals surface area contributed by atoms with Crippen molar-refractivity contribution in [3.63, 3.8) is 0 Å². The Labute approximate surface area is 137 Å². The van der Waals surface area contributed by atoms with Crippen LogP contribution >= 0.6 is 15.9 Å². The number of carbonyl (C=O) groups is 1. The summed E-state index contributed by atoms with van der Waals surface area (Å²) in [6.07, 6.45) is 5.17. The van der Waals surface area contributed by atoms with Crippen LogP contribution in [-0.2, 0) is 4.79 Å². The van der Waals surface area contributed by atoms with E-state index in [1.165, 1.54) is 6.21 Å². The number of nitrogens with zero attached hydrogens (tertiary/aromatic N) is 1. The molecule has 0 bridgehead atoms. The molecule has 1 amide bonds. The number of hydrazone groups is 1. The number of hydrogen-bond donors (Lipinski definition) is 1. The molecule has 1 N–H and O–H groups in total. The molecule has 4 nitrogen and oxygen atoms in total. The fraction of sp³-hybridized carbons (Fsp3) is 0.0588. The lowest BCUT2D eigenvalue weighted by Gasteiger charge is -2.06. The summed E-state index contributed by atoms with van der Waals surface area (Å²) in [4.78, 5) is 11.6. The normalized spacial score (nSPS) is 11.0. The summed E-state index contributed by atoms with van der Waals surface area (Å²) in [6, 6.07) is 17.2. The van der Waals surface area contributed by atoms with Gasteiger partial charge in [-0.05, 0) is 39.7 Å². The van der Waals surface area contributed by atoms with E-state index in [4.69, 9.17) is 4.74 Å². The molecule has 0 unspecified atom stereocenters. The lowest BCUT2D eigenvalue weighted by Crippen LogP contribution is -2.24. The van der Waals surface area contributed by atoms with Crippen LogP contribution < -0.4 is 10.2 Å². The van der Waals surface area contributed by atoms with Crippen molar-refractivity contribution in [2.24, 2.45) is 5.10 Å². The fourth-order valence-electron chi connectivity index (χ4n) is 1.61. The molecule has 0 fully saturated rings. The first-order valence-corrected chi connectivity index (χ1v) is 7.46. The highest BCUT2D eigenvalue weighted by Gasteiger charge is 2.03. The molecule has 2 aromatic rings. The quantitative estimate of drug-likeness (QED) is 0.632. The number of rotatable bonds is 6. The maximum atomic E-state index is 11.6. The monoisotopic (exact) mass is 358 g/mol. The van der Waals surface area contributed by atoms with Crippen LogP contribution in [0.3, 0.4) is 0 Å². The van der Waals surface area contributed by atoms with Crippen LogP contribution in [0.2, 0.25) is 0 Å². The van der Waals surface area contributed by atoms with Crippen LogP contribution in [0.4, 0.5) is 0 Å². The van der Waals surface area contributed by atoms with E-state index in [9.17, 15) is 4.79 Å². The van der Waals surface area contributed by atoms with Gasteiger partial charge in [0.1, 0.15) is 5.75 Å². The van der Waals surface area contributed by atoms with Gasteiger partial charge in [-0.15, -0.1) is 0 Å². The number of hydrogen-bond acceptors (Lipinski definition) is 3. The topological polar surface area (TPSA) is 50.7 Å². The first-order valence-electron chi connectivity index (χ1n) is 6.66. The van der Waals surface area contributed by atoms with Gasteiger partial charge in [-0.3, -0.25) is 4.79 Å². The molecule has 0 saturated carbocycles. The van der Waals surface area contributed by atoms with E-state index in [1.54, 1.807) is 12.1 Å². The molecule has 0 spiro atoms. The molecule has 112 valence electrons. The number of allylic oxidation sites excluding steroid dienone is 1. The maximum absolute atomic E-state index is 11.6. The van der Waals surface area contributed by atoms with Crippen LogP contribution in [0, 0.1) is 0 Å². The highest BCUT2D eigenvalue weighted by Crippen LogP contribution is 2.23. The summed E-state index contributed by atoms with van der Waals surface area (Å²) >= 11 is 3.35. The van der Waals surface area contributed by atoms with Gasteiger partial charge in [-0.1, -0.05) is 48.5 Å². The van der Waals surface area contributed by atoms with Gasteiger partial charge in [-0.2, -0.15) is 5.10 Å². The van der Waals surface area contributed by atoms with Crippen molar-refractivity contribution in [1.82, 2.24) is 5.43 Å². The van der Waals surface area contributed by atoms with Crippen LogP contribution in [0.1, 0.15) is 5.56 Å². The smallest absolute Gasteiger partial charge is 0.277 e. The average Bonchev–Trinajstić information content (AvgIpc) is 2.55. The van der Waals surface area contributed by atoms with Gasteiger partial charge in [0, 0.05) is 6.21 Å². The zero-order chi connectivity index (χ0) is 15.6. The predicted molar refractivity (Wildman–Crippen MR) is 91.7 cm³/mol. The van der Waals surface area contributed by atoms with Gasteiger partial charge >= 0.3 is 0 Å². The second-order valence-corrected chi connectivity index (χ2v) is 5.16. The second-order valence-electron chi connectivity index (χ2n) is 4.30. The molecule has 0 radical (unpaired) electrons. The van der Waals surface area contributed by atoms with E-state index in [0.29, 0.717) is 5.75 Å². The lowest BCUT2D eigenvalue weighted by atomic mass is 10.2. The number of ether oxygens (including phenoxy) is 1. The summed E-state index contributed by atoms with van der Waals surface area (Å²) in [7, 11) is 0. The Hall–Kier alpha value is -2.40. The number of nitrogens with one attached hydrogen (secondary N) is 1. The molecule has 0 aromatic heterocycles. The third kappa shape index (κ3) is 5.54. The summed E-state index contributed by atoms with van der Waals surface area (Å²) in [5.74, 6) is 0.297. The Bertz CT molecular complexity index is 669. The summed E-state index contributed by atoms with van der Waals surface area (Å²) in [6.45, 7) is -0.0949. The lowest BCUT2D eigenvalue weighted by molar-refractivity contribution is -0.123. The summed E-state index contributed by atoms with van der Waals surface area (Å²) in [5.41, 5.74) is 3.46. The molecular weight excluding hydrogens is 344 g/mol. The number of carbonyl (C=O) groups excluding carboxylic acids is 1. The van der Waals surface area contributed by atoms with Gasteiger partial charge in [0.2, 0.25) is 0 Å². The van der Waals surface area contributed by atoms with Crippen LogP contribution in [-0.4, -0.2) is 18.7 Å². The third-order valence-corrected chi connectivity index (χ3v) is 3.29. The van der Waals surface area contributed by atoms with Crippen molar-refractivity contribution >= 4 is 34.1 Å². The van der Waals surface area contributed by atoms with Gasteiger partial charge in [0.05, 0.1) is 4.47 Å². The largest absolute Gasteiger partial charge is 0.483 e. The van der Waals surface area contributed by atoms with Crippen molar-refractivity contribution in [3.05, 3.63) is 70.7 Å². The molecule has 22 heavy (non-hydrogen) atoms. The molecule has 0 atom stereocenters. The average molecular weight is 359 g/mol. The molecule has 2 aromatic carbocycles. The van der Waals surface area contributed by atoms with Gasteiger partial charge in [0.25, 0.3) is 5.91 Å². The zero-order valence-corrected chi connectivity index (χ0v) is 13.4. The van der Waals surface area contributed by atoms with Crippen molar-refractivity contribution in [2.45, 2.75) is 0 Å². The molecule has 5 heteroatoms. The SMILES string of the molecule is O=C(COc1ccccc1Br)NN=CC=Cc1ccccc1.